The smallest absolute Gasteiger partial charge is 0.168 e. The number of halogens is 1. The van der Waals surface area contributed by atoms with E-state index in [0.29, 0.717) is 0 Å². The molecule has 70 valence electrons. The minimum absolute atomic E-state index is 0.282. The van der Waals surface area contributed by atoms with Crippen molar-refractivity contribution in [3.63, 3.8) is 0 Å². The first kappa shape index (κ1) is 10.5. The predicted octanol–water partition coefficient (Wildman–Crippen LogP) is 2.67. The zero-order chi connectivity index (χ0) is 9.84. The third-order valence-corrected chi connectivity index (χ3v) is 2.46. The number of thiocarbonyl (C=S) groups is 1. The Labute approximate surface area is 91.6 Å². The first-order chi connectivity index (χ1) is 6.13. The molecule has 0 aliphatic carbocycles. The van der Waals surface area contributed by atoms with Crippen LogP contribution in [0.5, 0.6) is 0 Å². The summed E-state index contributed by atoms with van der Waals surface area (Å²) in [4.78, 5) is 0. The lowest BCUT2D eigenvalue weighted by Gasteiger charge is -2.07. The Morgan fingerprint density at radius 1 is 1.62 bits per heavy atom. The van der Waals surface area contributed by atoms with Gasteiger partial charge in [0.05, 0.1) is 5.69 Å². The van der Waals surface area contributed by atoms with Gasteiger partial charge in [0.15, 0.2) is 5.11 Å². The molecule has 0 heterocycles. The van der Waals surface area contributed by atoms with Gasteiger partial charge in [-0.25, -0.2) is 0 Å². The first-order valence-corrected chi connectivity index (χ1v) is 5.18. The van der Waals surface area contributed by atoms with Crippen LogP contribution >= 0.6 is 28.1 Å². The lowest BCUT2D eigenvalue weighted by molar-refractivity contribution is 1.14. The van der Waals surface area contributed by atoms with Gasteiger partial charge in [0, 0.05) is 4.47 Å². The van der Waals surface area contributed by atoms with Gasteiger partial charge in [-0.3, -0.25) is 0 Å². The van der Waals surface area contributed by atoms with Crippen molar-refractivity contribution in [1.82, 2.24) is 0 Å². The SMILES string of the molecule is CCc1ccc(NC(N)=S)c(Br)c1. The zero-order valence-electron chi connectivity index (χ0n) is 7.30. The molecule has 3 N–H and O–H groups in total. The molecule has 0 fully saturated rings. The van der Waals surface area contributed by atoms with Gasteiger partial charge in [0.2, 0.25) is 0 Å². The summed E-state index contributed by atoms with van der Waals surface area (Å²) in [5, 5.41) is 3.17. The van der Waals surface area contributed by atoms with Crippen LogP contribution in [0.15, 0.2) is 22.7 Å². The second-order valence-electron chi connectivity index (χ2n) is 2.66. The lowest BCUT2D eigenvalue weighted by atomic mass is 10.1. The van der Waals surface area contributed by atoms with E-state index in [-0.39, 0.29) is 5.11 Å². The Morgan fingerprint density at radius 3 is 2.77 bits per heavy atom. The van der Waals surface area contributed by atoms with Crippen LogP contribution in [0.2, 0.25) is 0 Å². The van der Waals surface area contributed by atoms with E-state index in [4.69, 9.17) is 18.0 Å². The summed E-state index contributed by atoms with van der Waals surface area (Å²) in [5.41, 5.74) is 7.55. The van der Waals surface area contributed by atoms with Gasteiger partial charge in [-0.15, -0.1) is 0 Å². The van der Waals surface area contributed by atoms with Crippen molar-refractivity contribution in [3.8, 4) is 0 Å². The molecular formula is C9H11BrN2S. The minimum Gasteiger partial charge on any atom is -0.376 e. The molecule has 0 atom stereocenters. The van der Waals surface area contributed by atoms with E-state index in [1.165, 1.54) is 5.56 Å². The van der Waals surface area contributed by atoms with E-state index in [9.17, 15) is 0 Å². The highest BCUT2D eigenvalue weighted by Crippen LogP contribution is 2.23. The quantitative estimate of drug-likeness (QED) is 0.802. The number of benzene rings is 1. The topological polar surface area (TPSA) is 38.0 Å². The predicted molar refractivity (Wildman–Crippen MR) is 63.9 cm³/mol. The Bertz CT molecular complexity index is 325. The highest BCUT2D eigenvalue weighted by Gasteiger charge is 2.00. The molecule has 0 aliphatic heterocycles. The molecule has 0 saturated heterocycles. The Morgan fingerprint density at radius 2 is 2.31 bits per heavy atom. The third kappa shape index (κ3) is 2.97. The van der Waals surface area contributed by atoms with Crippen molar-refractivity contribution in [2.24, 2.45) is 5.73 Å². The molecule has 0 unspecified atom stereocenters. The van der Waals surface area contributed by atoms with Crippen LogP contribution < -0.4 is 11.1 Å². The normalized spacial score (nSPS) is 9.69. The van der Waals surface area contributed by atoms with Crippen LogP contribution in [0.1, 0.15) is 12.5 Å². The fourth-order valence-electron chi connectivity index (χ4n) is 1.01. The molecule has 0 radical (unpaired) electrons. The molecule has 1 aromatic carbocycles. The van der Waals surface area contributed by atoms with Crippen LogP contribution in [0.25, 0.3) is 0 Å². The Kier molecular flexibility index (Phi) is 3.69. The summed E-state index contributed by atoms with van der Waals surface area (Å²) in [7, 11) is 0. The molecule has 0 amide bonds. The standard InChI is InChI=1S/C9H11BrN2S/c1-2-6-3-4-8(7(10)5-6)12-9(11)13/h3-5H,2H2,1H3,(H3,11,12,13). The molecule has 1 rings (SSSR count). The summed E-state index contributed by atoms with van der Waals surface area (Å²) < 4.78 is 0.986. The first-order valence-electron chi connectivity index (χ1n) is 3.98. The van der Waals surface area contributed by atoms with Crippen LogP contribution in [-0.2, 0) is 6.42 Å². The van der Waals surface area contributed by atoms with Gasteiger partial charge < -0.3 is 11.1 Å². The zero-order valence-corrected chi connectivity index (χ0v) is 9.71. The van der Waals surface area contributed by atoms with E-state index < -0.39 is 0 Å². The summed E-state index contributed by atoms with van der Waals surface area (Å²) in [6.45, 7) is 2.11. The van der Waals surface area contributed by atoms with Gasteiger partial charge in [-0.2, -0.15) is 0 Å². The van der Waals surface area contributed by atoms with Crippen molar-refractivity contribution >= 4 is 38.9 Å². The van der Waals surface area contributed by atoms with Crippen LogP contribution in [0, 0.1) is 0 Å². The average molecular weight is 259 g/mol. The number of anilines is 1. The second-order valence-corrected chi connectivity index (χ2v) is 3.95. The van der Waals surface area contributed by atoms with E-state index in [2.05, 4.69) is 34.2 Å². The van der Waals surface area contributed by atoms with Gasteiger partial charge >= 0.3 is 0 Å². The molecule has 0 aliphatic rings. The molecule has 2 nitrogen and oxygen atoms in total. The molecule has 1 aromatic rings. The number of nitrogens with one attached hydrogen (secondary N) is 1. The van der Waals surface area contributed by atoms with Crippen molar-refractivity contribution in [2.45, 2.75) is 13.3 Å². The van der Waals surface area contributed by atoms with Crippen molar-refractivity contribution in [1.29, 1.82) is 0 Å². The minimum atomic E-state index is 0.282. The van der Waals surface area contributed by atoms with Gasteiger partial charge in [0.1, 0.15) is 0 Å². The molecular weight excluding hydrogens is 248 g/mol. The maximum absolute atomic E-state index is 5.36. The number of hydrogen-bond donors (Lipinski definition) is 2. The van der Waals surface area contributed by atoms with E-state index in [1.54, 1.807) is 0 Å². The molecule has 0 saturated carbocycles. The van der Waals surface area contributed by atoms with Crippen molar-refractivity contribution in [2.75, 3.05) is 5.32 Å². The highest BCUT2D eigenvalue weighted by atomic mass is 79.9. The van der Waals surface area contributed by atoms with Gasteiger partial charge in [-0.1, -0.05) is 13.0 Å². The van der Waals surface area contributed by atoms with Crippen LogP contribution in [0.4, 0.5) is 5.69 Å². The number of aryl methyl sites for hydroxylation is 1. The van der Waals surface area contributed by atoms with Gasteiger partial charge in [-0.05, 0) is 52.3 Å². The molecule has 13 heavy (non-hydrogen) atoms. The third-order valence-electron chi connectivity index (χ3n) is 1.70. The van der Waals surface area contributed by atoms with Gasteiger partial charge in [0.25, 0.3) is 0 Å². The molecule has 0 bridgehead atoms. The summed E-state index contributed by atoms with van der Waals surface area (Å²) in [6.07, 6.45) is 1.02. The summed E-state index contributed by atoms with van der Waals surface area (Å²) >= 11 is 8.18. The maximum Gasteiger partial charge on any atom is 0.168 e. The van der Waals surface area contributed by atoms with Crippen LogP contribution in [0.3, 0.4) is 0 Å². The fourth-order valence-corrected chi connectivity index (χ4v) is 1.65. The van der Waals surface area contributed by atoms with Crippen LogP contribution in [-0.4, -0.2) is 5.11 Å². The molecule has 0 spiro atoms. The number of rotatable bonds is 2. The highest BCUT2D eigenvalue weighted by molar-refractivity contribution is 9.10. The lowest BCUT2D eigenvalue weighted by Crippen LogP contribution is -2.19. The molecule has 4 heteroatoms. The largest absolute Gasteiger partial charge is 0.376 e. The summed E-state index contributed by atoms with van der Waals surface area (Å²) in [6, 6.07) is 6.06. The number of nitrogens with two attached hydrogens (primary N) is 1. The fraction of sp³-hybridized carbons (Fsp3) is 0.222. The molecule has 0 aromatic heterocycles. The van der Waals surface area contributed by atoms with E-state index in [0.717, 1.165) is 16.6 Å². The monoisotopic (exact) mass is 258 g/mol. The number of hydrogen-bond acceptors (Lipinski definition) is 1. The average Bonchev–Trinajstić information content (AvgIpc) is 2.08. The Hall–Kier alpha value is -0.610. The second kappa shape index (κ2) is 4.58. The van der Waals surface area contributed by atoms with E-state index >= 15 is 0 Å². The van der Waals surface area contributed by atoms with E-state index in [1.807, 2.05) is 12.1 Å². The van der Waals surface area contributed by atoms with Crippen molar-refractivity contribution < 1.29 is 0 Å². The summed E-state index contributed by atoms with van der Waals surface area (Å²) in [5.74, 6) is 0. The Balaban J connectivity index is 2.91. The van der Waals surface area contributed by atoms with Crippen molar-refractivity contribution in [3.05, 3.63) is 28.2 Å². The maximum atomic E-state index is 5.36.